The molecule has 0 unspecified atom stereocenters. The molecule has 2 heterocycles. The van der Waals surface area contributed by atoms with Crippen LogP contribution in [0.3, 0.4) is 0 Å². The monoisotopic (exact) mass is 289 g/mol. The van der Waals surface area contributed by atoms with Crippen LogP contribution in [0.1, 0.15) is 0 Å². The Hall–Kier alpha value is -1.84. The quantitative estimate of drug-likeness (QED) is 0.731. The third-order valence-electron chi connectivity index (χ3n) is 2.88. The fraction of sp³-hybridized carbons (Fsp3) is 0. The van der Waals surface area contributed by atoms with Crippen LogP contribution in [-0.4, -0.2) is 9.97 Å². The molecule has 5 heteroatoms. The highest BCUT2D eigenvalue weighted by Gasteiger charge is 2.13. The lowest BCUT2D eigenvalue weighted by Gasteiger charge is -2.10. The molecular weight excluding hydrogens is 281 g/mol. The van der Waals surface area contributed by atoms with Gasteiger partial charge < -0.3 is 5.73 Å². The van der Waals surface area contributed by atoms with E-state index in [-0.39, 0.29) is 0 Å². The predicted octanol–water partition coefficient (Wildman–Crippen LogP) is 4.19. The zero-order chi connectivity index (χ0) is 13.4. The summed E-state index contributed by atoms with van der Waals surface area (Å²) in [6.45, 7) is 0. The Labute approximate surface area is 120 Å². The summed E-state index contributed by atoms with van der Waals surface area (Å²) >= 11 is 12.4. The van der Waals surface area contributed by atoms with E-state index in [4.69, 9.17) is 28.9 Å². The molecular formula is C14H9Cl2N3. The van der Waals surface area contributed by atoms with Crippen LogP contribution in [0.2, 0.25) is 10.0 Å². The van der Waals surface area contributed by atoms with E-state index in [1.165, 1.54) is 0 Å². The number of halogens is 2. The highest BCUT2D eigenvalue weighted by molar-refractivity contribution is 6.39. The van der Waals surface area contributed by atoms with Gasteiger partial charge in [-0.05, 0) is 24.3 Å². The normalized spacial score (nSPS) is 10.8. The molecule has 19 heavy (non-hydrogen) atoms. The standard InChI is InChI=1S/C14H9Cl2N3/c15-10-2-1-3-11(16)13(10)9-6-8-7-18-5-4-12(8)19-14(9)17/h1-7H,(H2,17,19). The summed E-state index contributed by atoms with van der Waals surface area (Å²) < 4.78 is 0. The molecule has 94 valence electrons. The Morgan fingerprint density at radius 2 is 1.79 bits per heavy atom. The molecule has 3 aromatic rings. The lowest BCUT2D eigenvalue weighted by atomic mass is 10.0. The molecule has 0 fully saturated rings. The maximum Gasteiger partial charge on any atom is 0.132 e. The van der Waals surface area contributed by atoms with Crippen LogP contribution >= 0.6 is 23.2 Å². The van der Waals surface area contributed by atoms with Crippen molar-refractivity contribution in [1.29, 1.82) is 0 Å². The first-order chi connectivity index (χ1) is 9.16. The minimum Gasteiger partial charge on any atom is -0.383 e. The number of benzene rings is 1. The molecule has 1 aromatic carbocycles. The highest BCUT2D eigenvalue weighted by Crippen LogP contribution is 2.38. The summed E-state index contributed by atoms with van der Waals surface area (Å²) in [5.41, 5.74) is 8.21. The fourth-order valence-corrected chi connectivity index (χ4v) is 2.59. The van der Waals surface area contributed by atoms with Crippen molar-refractivity contribution in [3.8, 4) is 11.1 Å². The number of rotatable bonds is 1. The number of anilines is 1. The van der Waals surface area contributed by atoms with Crippen molar-refractivity contribution in [2.75, 3.05) is 5.73 Å². The second kappa shape index (κ2) is 4.68. The predicted molar refractivity (Wildman–Crippen MR) is 79.4 cm³/mol. The van der Waals surface area contributed by atoms with Crippen LogP contribution in [-0.2, 0) is 0 Å². The molecule has 3 nitrogen and oxygen atoms in total. The Morgan fingerprint density at radius 3 is 2.53 bits per heavy atom. The molecule has 0 radical (unpaired) electrons. The summed E-state index contributed by atoms with van der Waals surface area (Å²) in [5, 5.41) is 1.98. The minimum absolute atomic E-state index is 0.397. The van der Waals surface area contributed by atoms with Crippen LogP contribution in [0.5, 0.6) is 0 Å². The van der Waals surface area contributed by atoms with Crippen LogP contribution in [0, 0.1) is 0 Å². The van der Waals surface area contributed by atoms with E-state index >= 15 is 0 Å². The molecule has 2 aromatic heterocycles. The van der Waals surface area contributed by atoms with Gasteiger partial charge in [0.1, 0.15) is 5.82 Å². The summed E-state index contributed by atoms with van der Waals surface area (Å²) in [4.78, 5) is 8.43. The molecule has 3 rings (SSSR count). The van der Waals surface area contributed by atoms with Gasteiger partial charge in [-0.1, -0.05) is 29.3 Å². The maximum absolute atomic E-state index is 6.20. The van der Waals surface area contributed by atoms with Gasteiger partial charge in [0.2, 0.25) is 0 Å². The zero-order valence-corrected chi connectivity index (χ0v) is 11.3. The van der Waals surface area contributed by atoms with Crippen molar-refractivity contribution in [3.05, 3.63) is 52.8 Å². The zero-order valence-electron chi connectivity index (χ0n) is 9.77. The van der Waals surface area contributed by atoms with Crippen molar-refractivity contribution >= 4 is 39.9 Å². The van der Waals surface area contributed by atoms with E-state index in [1.54, 1.807) is 30.6 Å². The van der Waals surface area contributed by atoms with Crippen LogP contribution in [0.4, 0.5) is 5.82 Å². The molecule has 0 atom stereocenters. The van der Waals surface area contributed by atoms with Crippen LogP contribution < -0.4 is 5.73 Å². The number of pyridine rings is 2. The summed E-state index contributed by atoms with van der Waals surface area (Å²) in [7, 11) is 0. The molecule has 0 spiro atoms. The Kier molecular flexibility index (Phi) is 3.01. The van der Waals surface area contributed by atoms with Gasteiger partial charge in [-0.25, -0.2) is 4.98 Å². The second-order valence-corrected chi connectivity index (χ2v) is 4.90. The molecule has 0 saturated carbocycles. The number of hydrogen-bond acceptors (Lipinski definition) is 3. The smallest absolute Gasteiger partial charge is 0.132 e. The minimum atomic E-state index is 0.397. The van der Waals surface area contributed by atoms with E-state index in [1.807, 2.05) is 12.1 Å². The number of aromatic nitrogens is 2. The highest BCUT2D eigenvalue weighted by atomic mass is 35.5. The molecule has 0 aliphatic rings. The van der Waals surface area contributed by atoms with Crippen molar-refractivity contribution in [1.82, 2.24) is 9.97 Å². The number of nitrogens with two attached hydrogens (primary N) is 1. The van der Waals surface area contributed by atoms with E-state index in [0.717, 1.165) is 16.5 Å². The maximum atomic E-state index is 6.20. The third-order valence-corrected chi connectivity index (χ3v) is 3.51. The first kappa shape index (κ1) is 12.2. The molecule has 0 amide bonds. The average molecular weight is 290 g/mol. The van der Waals surface area contributed by atoms with Crippen LogP contribution in [0.25, 0.3) is 22.0 Å². The van der Waals surface area contributed by atoms with Crippen molar-refractivity contribution in [2.45, 2.75) is 0 Å². The first-order valence-electron chi connectivity index (χ1n) is 5.61. The Balaban J connectivity index is 2.33. The van der Waals surface area contributed by atoms with Gasteiger partial charge in [-0.15, -0.1) is 0 Å². The fourth-order valence-electron chi connectivity index (χ4n) is 1.99. The lowest BCUT2D eigenvalue weighted by molar-refractivity contribution is 1.33. The number of hydrogen-bond donors (Lipinski definition) is 1. The number of nitrogen functional groups attached to an aromatic ring is 1. The second-order valence-electron chi connectivity index (χ2n) is 4.09. The lowest BCUT2D eigenvalue weighted by Crippen LogP contribution is -1.96. The van der Waals surface area contributed by atoms with Gasteiger partial charge in [0, 0.05) is 28.9 Å². The number of fused-ring (bicyclic) bond motifs is 1. The molecule has 0 aliphatic heterocycles. The van der Waals surface area contributed by atoms with Crippen molar-refractivity contribution in [3.63, 3.8) is 0 Å². The van der Waals surface area contributed by atoms with E-state index < -0.39 is 0 Å². The summed E-state index contributed by atoms with van der Waals surface area (Å²) in [6.07, 6.45) is 3.41. The van der Waals surface area contributed by atoms with E-state index in [9.17, 15) is 0 Å². The largest absolute Gasteiger partial charge is 0.383 e. The Morgan fingerprint density at radius 1 is 1.05 bits per heavy atom. The Bertz CT molecular complexity index is 751. The van der Waals surface area contributed by atoms with Gasteiger partial charge in [0.25, 0.3) is 0 Å². The van der Waals surface area contributed by atoms with Gasteiger partial charge in [-0.2, -0.15) is 0 Å². The average Bonchev–Trinajstić information content (AvgIpc) is 2.39. The van der Waals surface area contributed by atoms with E-state index in [0.29, 0.717) is 21.4 Å². The van der Waals surface area contributed by atoms with Crippen LogP contribution in [0.15, 0.2) is 42.7 Å². The summed E-state index contributed by atoms with van der Waals surface area (Å²) in [5.74, 6) is 0.397. The molecule has 0 saturated heterocycles. The van der Waals surface area contributed by atoms with Crippen molar-refractivity contribution < 1.29 is 0 Å². The van der Waals surface area contributed by atoms with Gasteiger partial charge in [-0.3, -0.25) is 4.98 Å². The first-order valence-corrected chi connectivity index (χ1v) is 6.37. The third kappa shape index (κ3) is 2.11. The molecule has 2 N–H and O–H groups in total. The van der Waals surface area contributed by atoms with Gasteiger partial charge in [0.15, 0.2) is 0 Å². The van der Waals surface area contributed by atoms with Crippen molar-refractivity contribution in [2.24, 2.45) is 0 Å². The SMILES string of the molecule is Nc1nc2ccncc2cc1-c1c(Cl)cccc1Cl. The molecule has 0 aliphatic carbocycles. The topological polar surface area (TPSA) is 51.8 Å². The van der Waals surface area contributed by atoms with E-state index in [2.05, 4.69) is 9.97 Å². The number of nitrogens with zero attached hydrogens (tertiary/aromatic N) is 2. The molecule has 0 bridgehead atoms. The van der Waals surface area contributed by atoms with Gasteiger partial charge >= 0.3 is 0 Å². The summed E-state index contributed by atoms with van der Waals surface area (Å²) in [6, 6.07) is 9.05. The van der Waals surface area contributed by atoms with Gasteiger partial charge in [0.05, 0.1) is 15.6 Å².